The molecule has 3 heteroatoms. The van der Waals surface area contributed by atoms with Gasteiger partial charge in [0.05, 0.1) is 0 Å². The van der Waals surface area contributed by atoms with Gasteiger partial charge in [-0.2, -0.15) is 0 Å². The summed E-state index contributed by atoms with van der Waals surface area (Å²) in [5.41, 5.74) is 1.19. The van der Waals surface area contributed by atoms with E-state index in [1.54, 1.807) is 0 Å². The zero-order chi connectivity index (χ0) is 11.5. The van der Waals surface area contributed by atoms with E-state index in [0.29, 0.717) is 5.92 Å². The Morgan fingerprint density at radius 2 is 2.25 bits per heavy atom. The lowest BCUT2D eigenvalue weighted by Crippen LogP contribution is -2.11. The maximum absolute atomic E-state index is 10.8. The Morgan fingerprint density at radius 3 is 2.94 bits per heavy atom. The molecule has 1 aromatic rings. The van der Waals surface area contributed by atoms with Gasteiger partial charge in [0.25, 0.3) is 0 Å². The maximum Gasteiger partial charge on any atom is 0.303 e. The highest BCUT2D eigenvalue weighted by Crippen LogP contribution is 2.41. The van der Waals surface area contributed by atoms with Crippen LogP contribution in [0.3, 0.4) is 0 Å². The molecule has 0 amide bonds. The Kier molecular flexibility index (Phi) is 3.49. The van der Waals surface area contributed by atoms with Crippen molar-refractivity contribution in [2.75, 3.05) is 0 Å². The van der Waals surface area contributed by atoms with Crippen molar-refractivity contribution in [3.8, 4) is 0 Å². The summed E-state index contributed by atoms with van der Waals surface area (Å²) in [6.07, 6.45) is 3.49. The number of hydrogen-bond acceptors (Lipinski definition) is 1. The minimum atomic E-state index is -0.695. The van der Waals surface area contributed by atoms with Crippen molar-refractivity contribution in [2.45, 2.75) is 31.6 Å². The summed E-state index contributed by atoms with van der Waals surface area (Å²) in [5.74, 6) is -0.0512. The smallest absolute Gasteiger partial charge is 0.303 e. The molecule has 1 aliphatic carbocycles. The van der Waals surface area contributed by atoms with Gasteiger partial charge in [-0.1, -0.05) is 30.2 Å². The van der Waals surface area contributed by atoms with Crippen LogP contribution in [-0.4, -0.2) is 11.1 Å². The summed E-state index contributed by atoms with van der Waals surface area (Å²) in [5, 5.41) is 9.60. The molecular weight excluding hydrogens is 224 g/mol. The number of hydrogen-bond donors (Lipinski definition) is 1. The van der Waals surface area contributed by atoms with Crippen molar-refractivity contribution >= 4 is 17.6 Å². The van der Waals surface area contributed by atoms with E-state index in [-0.39, 0.29) is 12.3 Å². The molecule has 1 N–H and O–H groups in total. The van der Waals surface area contributed by atoms with E-state index in [4.69, 9.17) is 16.7 Å². The molecule has 2 unspecified atom stereocenters. The standard InChI is InChI=1S/C13H15ClO2/c14-11-5-1-3-9(7-11)12-6-2-4-10(12)8-13(15)16/h1,3,5,7,10,12H,2,4,6,8H2,(H,15,16). The van der Waals surface area contributed by atoms with Crippen LogP contribution in [-0.2, 0) is 4.79 Å². The number of rotatable bonds is 3. The van der Waals surface area contributed by atoms with E-state index in [2.05, 4.69) is 6.07 Å². The van der Waals surface area contributed by atoms with Crippen molar-refractivity contribution in [1.29, 1.82) is 0 Å². The van der Waals surface area contributed by atoms with Gasteiger partial charge in [0, 0.05) is 11.4 Å². The van der Waals surface area contributed by atoms with Gasteiger partial charge >= 0.3 is 5.97 Å². The van der Waals surface area contributed by atoms with Crippen LogP contribution in [0.5, 0.6) is 0 Å². The van der Waals surface area contributed by atoms with Crippen molar-refractivity contribution < 1.29 is 9.90 Å². The van der Waals surface area contributed by atoms with E-state index in [1.807, 2.05) is 18.2 Å². The van der Waals surface area contributed by atoms with Crippen LogP contribution >= 0.6 is 11.6 Å². The SMILES string of the molecule is O=C(O)CC1CCCC1c1cccc(Cl)c1. The minimum Gasteiger partial charge on any atom is -0.481 e. The van der Waals surface area contributed by atoms with Gasteiger partial charge < -0.3 is 5.11 Å². The quantitative estimate of drug-likeness (QED) is 0.872. The first-order chi connectivity index (χ1) is 7.66. The van der Waals surface area contributed by atoms with Crippen LogP contribution in [0.2, 0.25) is 5.02 Å². The molecule has 0 spiro atoms. The number of halogens is 1. The predicted octanol–water partition coefficient (Wildman–Crippen LogP) is 3.70. The topological polar surface area (TPSA) is 37.3 Å². The van der Waals surface area contributed by atoms with E-state index in [9.17, 15) is 4.79 Å². The van der Waals surface area contributed by atoms with Crippen LogP contribution in [0.4, 0.5) is 0 Å². The molecule has 2 nitrogen and oxygen atoms in total. The molecule has 1 saturated carbocycles. The van der Waals surface area contributed by atoms with E-state index < -0.39 is 5.97 Å². The lowest BCUT2D eigenvalue weighted by molar-refractivity contribution is -0.138. The molecule has 0 radical (unpaired) electrons. The van der Waals surface area contributed by atoms with Gasteiger partial charge in [-0.25, -0.2) is 0 Å². The molecular formula is C13H15ClO2. The molecule has 0 aliphatic heterocycles. The molecule has 0 heterocycles. The van der Waals surface area contributed by atoms with E-state index >= 15 is 0 Å². The second-order valence-electron chi connectivity index (χ2n) is 4.45. The van der Waals surface area contributed by atoms with Gasteiger partial charge in [-0.3, -0.25) is 4.79 Å². The van der Waals surface area contributed by atoms with E-state index in [1.165, 1.54) is 5.56 Å². The van der Waals surface area contributed by atoms with Gasteiger partial charge in [-0.15, -0.1) is 0 Å². The number of carboxylic acid groups (broad SMARTS) is 1. The van der Waals surface area contributed by atoms with Gasteiger partial charge in [0.1, 0.15) is 0 Å². The lowest BCUT2D eigenvalue weighted by Gasteiger charge is -2.18. The molecule has 0 bridgehead atoms. The molecule has 16 heavy (non-hydrogen) atoms. The molecule has 2 rings (SSSR count). The van der Waals surface area contributed by atoms with Gasteiger partial charge in [0.2, 0.25) is 0 Å². The number of carbonyl (C=O) groups is 1. The van der Waals surface area contributed by atoms with Crippen molar-refractivity contribution in [3.63, 3.8) is 0 Å². The molecule has 0 aromatic heterocycles. The molecule has 2 atom stereocenters. The van der Waals surface area contributed by atoms with Crippen LogP contribution in [0, 0.1) is 5.92 Å². The van der Waals surface area contributed by atoms with E-state index in [0.717, 1.165) is 24.3 Å². The predicted molar refractivity (Wildman–Crippen MR) is 63.8 cm³/mol. The van der Waals surface area contributed by atoms with Crippen LogP contribution in [0.15, 0.2) is 24.3 Å². The fourth-order valence-electron chi connectivity index (χ4n) is 2.68. The Labute approximate surface area is 100 Å². The summed E-state index contributed by atoms with van der Waals surface area (Å²) >= 11 is 5.96. The van der Waals surface area contributed by atoms with Crippen LogP contribution < -0.4 is 0 Å². The highest BCUT2D eigenvalue weighted by Gasteiger charge is 2.30. The Balaban J connectivity index is 2.16. The zero-order valence-electron chi connectivity index (χ0n) is 9.03. The fourth-order valence-corrected chi connectivity index (χ4v) is 2.88. The van der Waals surface area contributed by atoms with Crippen molar-refractivity contribution in [1.82, 2.24) is 0 Å². The Hall–Kier alpha value is -1.02. The largest absolute Gasteiger partial charge is 0.481 e. The molecule has 1 aliphatic rings. The minimum absolute atomic E-state index is 0.274. The van der Waals surface area contributed by atoms with Crippen molar-refractivity contribution in [2.24, 2.45) is 5.92 Å². The number of aliphatic carboxylic acids is 1. The first-order valence-corrected chi connectivity index (χ1v) is 6.02. The monoisotopic (exact) mass is 238 g/mol. The highest BCUT2D eigenvalue weighted by molar-refractivity contribution is 6.30. The third kappa shape index (κ3) is 2.56. The Bertz CT molecular complexity index is 389. The maximum atomic E-state index is 10.8. The summed E-state index contributed by atoms with van der Waals surface area (Å²) in [6.45, 7) is 0. The Morgan fingerprint density at radius 1 is 1.44 bits per heavy atom. The van der Waals surface area contributed by atoms with Gasteiger partial charge in [-0.05, 0) is 42.4 Å². The zero-order valence-corrected chi connectivity index (χ0v) is 9.78. The summed E-state index contributed by atoms with van der Waals surface area (Å²) in [7, 11) is 0. The molecule has 86 valence electrons. The highest BCUT2D eigenvalue weighted by atomic mass is 35.5. The van der Waals surface area contributed by atoms with Crippen molar-refractivity contribution in [3.05, 3.63) is 34.9 Å². The first kappa shape index (κ1) is 11.5. The molecule has 1 fully saturated rings. The number of benzene rings is 1. The number of carboxylic acids is 1. The average molecular weight is 239 g/mol. The summed E-state index contributed by atoms with van der Waals surface area (Å²) < 4.78 is 0. The summed E-state index contributed by atoms with van der Waals surface area (Å²) in [4.78, 5) is 10.8. The first-order valence-electron chi connectivity index (χ1n) is 5.64. The third-order valence-electron chi connectivity index (χ3n) is 3.37. The van der Waals surface area contributed by atoms with Crippen LogP contribution in [0.1, 0.15) is 37.2 Å². The lowest BCUT2D eigenvalue weighted by atomic mass is 9.87. The van der Waals surface area contributed by atoms with Gasteiger partial charge in [0.15, 0.2) is 0 Å². The molecule has 0 saturated heterocycles. The van der Waals surface area contributed by atoms with Crippen LogP contribution in [0.25, 0.3) is 0 Å². The second-order valence-corrected chi connectivity index (χ2v) is 4.89. The normalized spacial score (nSPS) is 24.6. The second kappa shape index (κ2) is 4.88. The molecule has 1 aromatic carbocycles. The average Bonchev–Trinajstić information content (AvgIpc) is 2.65. The third-order valence-corrected chi connectivity index (χ3v) is 3.61. The fraction of sp³-hybridized carbons (Fsp3) is 0.462. The summed E-state index contributed by atoms with van der Waals surface area (Å²) in [6, 6.07) is 7.81.